The molecule has 1 atom stereocenters. The minimum Gasteiger partial charge on any atom is -0.454 e. The molecule has 0 rings (SSSR count). The van der Waals surface area contributed by atoms with E-state index in [1.165, 1.54) is 0 Å². The maximum Gasteiger partial charge on any atom is 0.323 e. The molecule has 0 spiro atoms. The number of ether oxygens (including phenoxy) is 1. The Morgan fingerprint density at radius 1 is 1.75 bits per heavy atom. The zero-order valence-corrected chi connectivity index (χ0v) is 7.96. The van der Waals surface area contributed by atoms with Gasteiger partial charge < -0.3 is 10.5 Å². The van der Waals surface area contributed by atoms with Crippen LogP contribution in [0.3, 0.4) is 0 Å². The van der Waals surface area contributed by atoms with Gasteiger partial charge in [-0.3, -0.25) is 4.79 Å². The second kappa shape index (κ2) is 4.26. The topological polar surface area (TPSA) is 52.3 Å². The highest BCUT2D eigenvalue weighted by atomic mass is 16.6. The molecule has 0 aliphatic rings. The normalized spacial score (nSPS) is 13.7. The molecule has 0 bridgehead atoms. The van der Waals surface area contributed by atoms with E-state index < -0.39 is 11.6 Å². The molecule has 0 amide bonds. The van der Waals surface area contributed by atoms with Crippen molar-refractivity contribution < 1.29 is 9.53 Å². The zero-order chi connectivity index (χ0) is 9.78. The molecule has 0 saturated carbocycles. The molecule has 3 heteroatoms. The van der Waals surface area contributed by atoms with E-state index >= 15 is 0 Å². The van der Waals surface area contributed by atoms with Crippen molar-refractivity contribution in [1.29, 1.82) is 0 Å². The summed E-state index contributed by atoms with van der Waals surface area (Å²) in [6, 6.07) is -0.524. The molecule has 3 nitrogen and oxygen atoms in total. The lowest BCUT2D eigenvalue weighted by Gasteiger charge is -2.22. The van der Waals surface area contributed by atoms with E-state index in [0.717, 1.165) is 0 Å². The summed E-state index contributed by atoms with van der Waals surface area (Å²) >= 11 is 0. The molecule has 2 N–H and O–H groups in total. The van der Waals surface area contributed by atoms with Crippen LogP contribution < -0.4 is 5.73 Å². The first kappa shape index (κ1) is 11.2. The number of rotatable bonds is 4. The Bertz CT molecular complexity index is 175. The summed E-state index contributed by atoms with van der Waals surface area (Å²) in [4.78, 5) is 11.2. The van der Waals surface area contributed by atoms with Crippen LogP contribution in [0.4, 0.5) is 0 Å². The number of carbonyl (C=O) groups is 1. The number of hydrogen-bond donors (Lipinski definition) is 1. The van der Waals surface area contributed by atoms with Crippen molar-refractivity contribution in [3.63, 3.8) is 0 Å². The van der Waals surface area contributed by atoms with Gasteiger partial charge in [0.05, 0.1) is 0 Å². The third-order valence-electron chi connectivity index (χ3n) is 1.60. The van der Waals surface area contributed by atoms with Gasteiger partial charge >= 0.3 is 5.97 Å². The Kier molecular flexibility index (Phi) is 3.96. The van der Waals surface area contributed by atoms with E-state index in [9.17, 15) is 4.79 Å². The maximum atomic E-state index is 11.2. The second-order valence-electron chi connectivity index (χ2n) is 3.24. The fourth-order valence-corrected chi connectivity index (χ4v) is 0.543. The summed E-state index contributed by atoms with van der Waals surface area (Å²) in [5.41, 5.74) is 4.85. The lowest BCUT2D eigenvalue weighted by Crippen LogP contribution is -2.37. The molecule has 70 valence electrons. The summed E-state index contributed by atoms with van der Waals surface area (Å²) in [6.07, 6.45) is 2.17. The molecular formula is C9H17NO2. The van der Waals surface area contributed by atoms with Gasteiger partial charge in [-0.1, -0.05) is 13.5 Å². The SMILES string of the molecule is C=CC(C)(C)OC(=O)[C@@H](N)CC. The average Bonchev–Trinajstić information content (AvgIpc) is 2.02. The monoisotopic (exact) mass is 171 g/mol. The number of esters is 1. The van der Waals surface area contributed by atoms with Crippen LogP contribution in [-0.2, 0) is 9.53 Å². The Morgan fingerprint density at radius 3 is 2.58 bits per heavy atom. The molecule has 0 fully saturated rings. The van der Waals surface area contributed by atoms with E-state index in [1.807, 2.05) is 6.92 Å². The highest BCUT2D eigenvalue weighted by Crippen LogP contribution is 2.11. The molecule has 12 heavy (non-hydrogen) atoms. The van der Waals surface area contributed by atoms with Crippen molar-refractivity contribution in [2.75, 3.05) is 0 Å². The van der Waals surface area contributed by atoms with Crippen LogP contribution in [-0.4, -0.2) is 17.6 Å². The minimum absolute atomic E-state index is 0.373. The molecule has 0 aliphatic heterocycles. The molecule has 0 aromatic rings. The summed E-state index contributed by atoms with van der Waals surface area (Å²) in [5.74, 6) is -0.373. The van der Waals surface area contributed by atoms with Crippen molar-refractivity contribution in [2.24, 2.45) is 5.73 Å². The van der Waals surface area contributed by atoms with E-state index in [4.69, 9.17) is 10.5 Å². The fourth-order valence-electron chi connectivity index (χ4n) is 0.543. The summed E-state index contributed by atoms with van der Waals surface area (Å²) in [6.45, 7) is 8.92. The first-order chi connectivity index (χ1) is 5.43. The van der Waals surface area contributed by atoms with E-state index in [0.29, 0.717) is 6.42 Å². The van der Waals surface area contributed by atoms with Crippen LogP contribution in [0.5, 0.6) is 0 Å². The van der Waals surface area contributed by atoms with Gasteiger partial charge in [0.1, 0.15) is 11.6 Å². The molecule has 0 aliphatic carbocycles. The first-order valence-corrected chi connectivity index (χ1v) is 4.05. The molecule has 0 saturated heterocycles. The van der Waals surface area contributed by atoms with Crippen LogP contribution in [0.1, 0.15) is 27.2 Å². The minimum atomic E-state index is -0.621. The largest absolute Gasteiger partial charge is 0.454 e. The summed E-state index contributed by atoms with van der Waals surface area (Å²) < 4.78 is 5.06. The quantitative estimate of drug-likeness (QED) is 0.511. The highest BCUT2D eigenvalue weighted by molar-refractivity contribution is 5.75. The molecule has 0 aromatic heterocycles. The van der Waals surface area contributed by atoms with Gasteiger partial charge in [-0.15, -0.1) is 0 Å². The van der Waals surface area contributed by atoms with Gasteiger partial charge in [0, 0.05) is 0 Å². The first-order valence-electron chi connectivity index (χ1n) is 4.05. The number of carbonyl (C=O) groups excluding carboxylic acids is 1. The Labute approximate surface area is 73.6 Å². The smallest absolute Gasteiger partial charge is 0.323 e. The highest BCUT2D eigenvalue weighted by Gasteiger charge is 2.21. The number of nitrogens with two attached hydrogens (primary N) is 1. The van der Waals surface area contributed by atoms with Crippen LogP contribution in [0.25, 0.3) is 0 Å². The maximum absolute atomic E-state index is 11.2. The van der Waals surface area contributed by atoms with Gasteiger partial charge in [-0.25, -0.2) is 0 Å². The predicted octanol–water partition coefficient (Wildman–Crippen LogP) is 1.23. The van der Waals surface area contributed by atoms with Crippen molar-refractivity contribution >= 4 is 5.97 Å². The van der Waals surface area contributed by atoms with Gasteiger partial charge in [0.25, 0.3) is 0 Å². The fraction of sp³-hybridized carbons (Fsp3) is 0.667. The van der Waals surface area contributed by atoms with Crippen molar-refractivity contribution in [1.82, 2.24) is 0 Å². The van der Waals surface area contributed by atoms with E-state index in [2.05, 4.69) is 6.58 Å². The molecule has 0 aromatic carbocycles. The Balaban J connectivity index is 4.09. The van der Waals surface area contributed by atoms with Crippen molar-refractivity contribution in [3.8, 4) is 0 Å². The van der Waals surface area contributed by atoms with Crippen molar-refractivity contribution in [3.05, 3.63) is 12.7 Å². The molecule has 0 radical (unpaired) electrons. The second-order valence-corrected chi connectivity index (χ2v) is 3.24. The lowest BCUT2D eigenvalue weighted by atomic mass is 10.1. The van der Waals surface area contributed by atoms with E-state index in [1.54, 1.807) is 19.9 Å². The van der Waals surface area contributed by atoms with Gasteiger partial charge in [-0.2, -0.15) is 0 Å². The predicted molar refractivity (Wildman–Crippen MR) is 48.6 cm³/mol. The average molecular weight is 171 g/mol. The Hall–Kier alpha value is -0.830. The van der Waals surface area contributed by atoms with Crippen LogP contribution in [0, 0.1) is 0 Å². The van der Waals surface area contributed by atoms with Crippen LogP contribution >= 0.6 is 0 Å². The number of hydrogen-bond acceptors (Lipinski definition) is 3. The Morgan fingerprint density at radius 2 is 2.25 bits per heavy atom. The summed E-state index contributed by atoms with van der Waals surface area (Å²) in [7, 11) is 0. The molecule has 0 unspecified atom stereocenters. The zero-order valence-electron chi connectivity index (χ0n) is 7.96. The molecule has 0 heterocycles. The van der Waals surface area contributed by atoms with Gasteiger partial charge in [0.2, 0.25) is 0 Å². The third-order valence-corrected chi connectivity index (χ3v) is 1.60. The molecular weight excluding hydrogens is 154 g/mol. The van der Waals surface area contributed by atoms with Gasteiger partial charge in [-0.05, 0) is 26.3 Å². The van der Waals surface area contributed by atoms with E-state index in [-0.39, 0.29) is 5.97 Å². The lowest BCUT2D eigenvalue weighted by molar-refractivity contribution is -0.154. The van der Waals surface area contributed by atoms with Crippen molar-refractivity contribution in [2.45, 2.75) is 38.8 Å². The third kappa shape index (κ3) is 3.53. The standard InChI is InChI=1S/C9H17NO2/c1-5-7(10)8(11)12-9(3,4)6-2/h6-7H,2,5,10H2,1,3-4H3/t7-/m0/s1. The van der Waals surface area contributed by atoms with Crippen LogP contribution in [0.15, 0.2) is 12.7 Å². The van der Waals surface area contributed by atoms with Crippen LogP contribution in [0.2, 0.25) is 0 Å². The van der Waals surface area contributed by atoms with Gasteiger partial charge in [0.15, 0.2) is 0 Å². The summed E-state index contributed by atoms with van der Waals surface area (Å²) in [5, 5.41) is 0.